The molecule has 5 heteroatoms. The van der Waals surface area contributed by atoms with E-state index in [2.05, 4.69) is 4.90 Å². The quantitative estimate of drug-likeness (QED) is 0.737. The van der Waals surface area contributed by atoms with Gasteiger partial charge in [-0.3, -0.25) is 4.79 Å². The fourth-order valence-electron chi connectivity index (χ4n) is 2.71. The molecule has 1 amide bonds. The normalized spacial score (nSPS) is 33.6. The van der Waals surface area contributed by atoms with Gasteiger partial charge in [0.25, 0.3) is 5.91 Å². The molecule has 0 aromatic carbocycles. The minimum Gasteiger partial charge on any atom is -0.391 e. The molecule has 2 aliphatic rings. The van der Waals surface area contributed by atoms with Crippen LogP contribution in [0.1, 0.15) is 19.3 Å². The molecule has 1 N–H and O–H groups in total. The van der Waals surface area contributed by atoms with Crippen LogP contribution in [0.4, 0.5) is 0 Å². The van der Waals surface area contributed by atoms with Gasteiger partial charge in [-0.15, -0.1) is 0 Å². The highest BCUT2D eigenvalue weighted by Gasteiger charge is 2.38. The van der Waals surface area contributed by atoms with E-state index < -0.39 is 0 Å². The Hall–Kier alpha value is -0.650. The molecule has 2 rings (SSSR count). The number of likely N-dealkylation sites (N-methyl/N-ethyl adjacent to an activating group) is 1. The topological polar surface area (TPSA) is 53.0 Å². The third-order valence-corrected chi connectivity index (χ3v) is 3.46. The first-order valence-electron chi connectivity index (χ1n) is 6.33. The van der Waals surface area contributed by atoms with Crippen molar-refractivity contribution < 1.29 is 14.6 Å². The van der Waals surface area contributed by atoms with Gasteiger partial charge in [-0.05, 0) is 33.4 Å². The summed E-state index contributed by atoms with van der Waals surface area (Å²) in [6, 6.07) is 0.122. The highest BCUT2D eigenvalue weighted by atomic mass is 16.5. The summed E-state index contributed by atoms with van der Waals surface area (Å²) in [6.07, 6.45) is 1.80. The molecule has 2 saturated heterocycles. The number of β-amino-alcohol motifs (C(OH)–C–C–N with tert-alkyl or cyclic N) is 1. The van der Waals surface area contributed by atoms with Gasteiger partial charge in [0, 0.05) is 25.7 Å². The molecule has 2 fully saturated rings. The fourth-order valence-corrected chi connectivity index (χ4v) is 2.71. The van der Waals surface area contributed by atoms with E-state index in [0.29, 0.717) is 19.6 Å². The van der Waals surface area contributed by atoms with Crippen LogP contribution in [0.5, 0.6) is 0 Å². The molecule has 2 unspecified atom stereocenters. The van der Waals surface area contributed by atoms with Gasteiger partial charge in [0.15, 0.2) is 0 Å². The van der Waals surface area contributed by atoms with Gasteiger partial charge in [-0.25, -0.2) is 0 Å². The molecule has 0 aromatic heterocycles. The van der Waals surface area contributed by atoms with Crippen molar-refractivity contribution in [2.75, 3.05) is 33.8 Å². The Morgan fingerprint density at radius 2 is 2.29 bits per heavy atom. The average Bonchev–Trinajstić information content (AvgIpc) is 2.85. The second kappa shape index (κ2) is 5.33. The van der Waals surface area contributed by atoms with Gasteiger partial charge in [-0.1, -0.05) is 0 Å². The molecular weight excluding hydrogens is 220 g/mol. The Labute approximate surface area is 102 Å². The lowest BCUT2D eigenvalue weighted by Gasteiger charge is -2.28. The lowest BCUT2D eigenvalue weighted by molar-refractivity contribution is -0.142. The Kier molecular flexibility index (Phi) is 4.01. The standard InChI is InChI=1S/C12H22N2O3/c1-13(2)7-9-6-10(15)8-14(9)12(16)11-4-3-5-17-11/h9-11,15H,3-8H2,1-2H3/t9?,10?,11-/m1/s1. The Balaban J connectivity index is 1.98. The lowest BCUT2D eigenvalue weighted by atomic mass is 10.1. The zero-order valence-electron chi connectivity index (χ0n) is 10.6. The van der Waals surface area contributed by atoms with Crippen molar-refractivity contribution in [1.82, 2.24) is 9.80 Å². The number of ether oxygens (including phenoxy) is 1. The van der Waals surface area contributed by atoms with Gasteiger partial charge >= 0.3 is 0 Å². The van der Waals surface area contributed by atoms with Crippen LogP contribution in [0.15, 0.2) is 0 Å². The predicted molar refractivity (Wildman–Crippen MR) is 63.7 cm³/mol. The van der Waals surface area contributed by atoms with Crippen molar-refractivity contribution in [3.8, 4) is 0 Å². The van der Waals surface area contributed by atoms with Crippen molar-refractivity contribution in [3.63, 3.8) is 0 Å². The summed E-state index contributed by atoms with van der Waals surface area (Å²) < 4.78 is 5.43. The zero-order valence-corrected chi connectivity index (χ0v) is 10.6. The fraction of sp³-hybridized carbons (Fsp3) is 0.917. The maximum absolute atomic E-state index is 12.3. The predicted octanol–water partition coefficient (Wildman–Crippen LogP) is -0.311. The number of carbonyl (C=O) groups excluding carboxylic acids is 1. The van der Waals surface area contributed by atoms with E-state index in [9.17, 15) is 9.90 Å². The monoisotopic (exact) mass is 242 g/mol. The van der Waals surface area contributed by atoms with Crippen LogP contribution < -0.4 is 0 Å². The van der Waals surface area contributed by atoms with Gasteiger partial charge in [0.1, 0.15) is 6.10 Å². The van der Waals surface area contributed by atoms with Gasteiger partial charge in [-0.2, -0.15) is 0 Å². The van der Waals surface area contributed by atoms with Crippen molar-refractivity contribution in [2.45, 2.75) is 37.5 Å². The maximum Gasteiger partial charge on any atom is 0.252 e. The summed E-state index contributed by atoms with van der Waals surface area (Å²) in [6.45, 7) is 1.94. The second-order valence-corrected chi connectivity index (χ2v) is 5.30. The number of likely N-dealkylation sites (tertiary alicyclic amines) is 1. The first-order valence-corrected chi connectivity index (χ1v) is 6.33. The molecule has 0 aliphatic carbocycles. The summed E-state index contributed by atoms with van der Waals surface area (Å²) in [5.41, 5.74) is 0. The van der Waals surface area contributed by atoms with Crippen LogP contribution in [-0.4, -0.2) is 72.9 Å². The zero-order chi connectivity index (χ0) is 12.4. The summed E-state index contributed by atoms with van der Waals surface area (Å²) in [4.78, 5) is 16.1. The molecule has 3 atom stereocenters. The summed E-state index contributed by atoms with van der Waals surface area (Å²) >= 11 is 0. The smallest absolute Gasteiger partial charge is 0.252 e. The van der Waals surface area contributed by atoms with E-state index in [-0.39, 0.29) is 24.2 Å². The van der Waals surface area contributed by atoms with Crippen LogP contribution >= 0.6 is 0 Å². The Bertz CT molecular complexity index is 277. The summed E-state index contributed by atoms with van der Waals surface area (Å²) in [5, 5.41) is 9.72. The van der Waals surface area contributed by atoms with Crippen molar-refractivity contribution in [3.05, 3.63) is 0 Å². The number of nitrogens with zero attached hydrogens (tertiary/aromatic N) is 2. The molecule has 0 spiro atoms. The Morgan fingerprint density at radius 1 is 1.53 bits per heavy atom. The number of hydrogen-bond acceptors (Lipinski definition) is 4. The molecule has 0 aromatic rings. The molecular formula is C12H22N2O3. The maximum atomic E-state index is 12.3. The van der Waals surface area contributed by atoms with Crippen molar-refractivity contribution in [1.29, 1.82) is 0 Å². The van der Waals surface area contributed by atoms with E-state index in [1.807, 2.05) is 14.1 Å². The van der Waals surface area contributed by atoms with E-state index in [0.717, 1.165) is 19.4 Å². The number of aliphatic hydroxyl groups is 1. The summed E-state index contributed by atoms with van der Waals surface area (Å²) in [5.74, 6) is 0.0610. The number of carbonyl (C=O) groups is 1. The third kappa shape index (κ3) is 2.97. The molecule has 0 bridgehead atoms. The van der Waals surface area contributed by atoms with Crippen LogP contribution in [0.2, 0.25) is 0 Å². The van der Waals surface area contributed by atoms with Gasteiger partial charge < -0.3 is 19.6 Å². The van der Waals surface area contributed by atoms with Crippen LogP contribution in [-0.2, 0) is 9.53 Å². The highest BCUT2D eigenvalue weighted by molar-refractivity contribution is 5.81. The highest BCUT2D eigenvalue weighted by Crippen LogP contribution is 2.23. The second-order valence-electron chi connectivity index (χ2n) is 5.30. The Morgan fingerprint density at radius 3 is 2.88 bits per heavy atom. The van der Waals surface area contributed by atoms with Crippen molar-refractivity contribution in [2.24, 2.45) is 0 Å². The summed E-state index contributed by atoms with van der Waals surface area (Å²) in [7, 11) is 3.97. The molecule has 5 nitrogen and oxygen atoms in total. The molecule has 2 heterocycles. The van der Waals surface area contributed by atoms with E-state index in [4.69, 9.17) is 4.74 Å². The molecule has 17 heavy (non-hydrogen) atoms. The first-order chi connectivity index (χ1) is 8.08. The van der Waals surface area contributed by atoms with E-state index in [1.165, 1.54) is 0 Å². The minimum atomic E-state index is -0.384. The largest absolute Gasteiger partial charge is 0.391 e. The van der Waals surface area contributed by atoms with Crippen LogP contribution in [0.3, 0.4) is 0 Å². The molecule has 98 valence electrons. The minimum absolute atomic E-state index is 0.0610. The van der Waals surface area contributed by atoms with Gasteiger partial charge in [0.05, 0.1) is 6.10 Å². The molecule has 0 radical (unpaired) electrons. The van der Waals surface area contributed by atoms with Crippen molar-refractivity contribution >= 4 is 5.91 Å². The average molecular weight is 242 g/mol. The number of amides is 1. The first kappa shape index (κ1) is 12.8. The lowest BCUT2D eigenvalue weighted by Crippen LogP contribution is -2.45. The van der Waals surface area contributed by atoms with Crippen LogP contribution in [0, 0.1) is 0 Å². The van der Waals surface area contributed by atoms with E-state index >= 15 is 0 Å². The molecule has 0 saturated carbocycles. The number of hydrogen-bond donors (Lipinski definition) is 1. The third-order valence-electron chi connectivity index (χ3n) is 3.46. The van der Waals surface area contributed by atoms with Gasteiger partial charge in [0.2, 0.25) is 0 Å². The number of rotatable bonds is 3. The number of aliphatic hydroxyl groups excluding tert-OH is 1. The molecule has 2 aliphatic heterocycles. The SMILES string of the molecule is CN(C)CC1CC(O)CN1C(=O)[C@H]1CCCO1. The van der Waals surface area contributed by atoms with E-state index in [1.54, 1.807) is 4.90 Å². The van der Waals surface area contributed by atoms with Crippen LogP contribution in [0.25, 0.3) is 0 Å².